The molecule has 1 atom stereocenters. The number of rotatable bonds is 5. The summed E-state index contributed by atoms with van der Waals surface area (Å²) in [4.78, 5) is 6.68. The molecule has 1 aromatic heterocycles. The molecule has 1 aliphatic heterocycles. The molecule has 0 aliphatic carbocycles. The van der Waals surface area contributed by atoms with Crippen LogP contribution in [0.4, 0.5) is 0 Å². The molecule has 0 amide bonds. The van der Waals surface area contributed by atoms with Crippen LogP contribution >= 0.6 is 11.6 Å². The quantitative estimate of drug-likeness (QED) is 0.901. The zero-order valence-corrected chi connectivity index (χ0v) is 14.9. The Labute approximate surface area is 147 Å². The van der Waals surface area contributed by atoms with Gasteiger partial charge >= 0.3 is 0 Å². The Morgan fingerprint density at radius 3 is 2.71 bits per heavy atom. The number of benzene rings is 1. The summed E-state index contributed by atoms with van der Waals surface area (Å²) in [5.41, 5.74) is 1.18. The van der Waals surface area contributed by atoms with Crippen LogP contribution in [0.3, 0.4) is 0 Å². The van der Waals surface area contributed by atoms with Gasteiger partial charge < -0.3 is 14.4 Å². The average molecular weight is 350 g/mol. The van der Waals surface area contributed by atoms with Gasteiger partial charge in [0.05, 0.1) is 12.1 Å². The molecular weight excluding hydrogens is 326 g/mol. The van der Waals surface area contributed by atoms with E-state index in [2.05, 4.69) is 16.0 Å². The van der Waals surface area contributed by atoms with Gasteiger partial charge in [-0.25, -0.2) is 4.98 Å². The van der Waals surface area contributed by atoms with Crippen molar-refractivity contribution in [3.05, 3.63) is 47.0 Å². The van der Waals surface area contributed by atoms with Crippen molar-refractivity contribution in [1.29, 1.82) is 0 Å². The van der Waals surface area contributed by atoms with E-state index in [0.29, 0.717) is 10.8 Å². The van der Waals surface area contributed by atoms with Gasteiger partial charge in [0.2, 0.25) is 0 Å². The van der Waals surface area contributed by atoms with Crippen molar-refractivity contribution in [3.63, 3.8) is 0 Å². The van der Waals surface area contributed by atoms with Gasteiger partial charge in [0.1, 0.15) is 17.7 Å². The Morgan fingerprint density at radius 1 is 1.38 bits per heavy atom. The van der Waals surface area contributed by atoms with E-state index in [0.717, 1.165) is 38.3 Å². The summed E-state index contributed by atoms with van der Waals surface area (Å²) in [6, 6.07) is 5.93. The third-order valence-corrected chi connectivity index (χ3v) is 5.12. The van der Waals surface area contributed by atoms with Crippen molar-refractivity contribution >= 4 is 11.6 Å². The number of hydrogen-bond acceptors (Lipinski definition) is 4. The molecule has 24 heavy (non-hydrogen) atoms. The number of methoxy groups -OCH3 is 1. The van der Waals surface area contributed by atoms with Crippen LogP contribution in [-0.2, 0) is 13.6 Å². The van der Waals surface area contributed by atoms with E-state index in [4.69, 9.17) is 16.3 Å². The molecule has 2 aromatic rings. The molecule has 1 saturated heterocycles. The average Bonchev–Trinajstić information content (AvgIpc) is 3.01. The summed E-state index contributed by atoms with van der Waals surface area (Å²) in [5.74, 6) is 1.73. The van der Waals surface area contributed by atoms with Crippen molar-refractivity contribution in [1.82, 2.24) is 14.5 Å². The fourth-order valence-electron chi connectivity index (χ4n) is 3.37. The fourth-order valence-corrected chi connectivity index (χ4v) is 3.65. The van der Waals surface area contributed by atoms with Crippen LogP contribution in [0.1, 0.15) is 30.3 Å². The lowest BCUT2D eigenvalue weighted by atomic mass is 9.90. The zero-order chi connectivity index (χ0) is 17.1. The molecule has 2 heterocycles. The van der Waals surface area contributed by atoms with Crippen molar-refractivity contribution in [2.45, 2.75) is 25.5 Å². The summed E-state index contributed by atoms with van der Waals surface area (Å²) >= 11 is 6.20. The minimum absolute atomic E-state index is 0.266. The number of likely N-dealkylation sites (tertiary alicyclic amines) is 1. The van der Waals surface area contributed by atoms with Gasteiger partial charge in [-0.1, -0.05) is 17.7 Å². The van der Waals surface area contributed by atoms with Gasteiger partial charge in [-0.15, -0.1) is 0 Å². The molecule has 130 valence electrons. The number of aryl methyl sites for hydroxylation is 1. The van der Waals surface area contributed by atoms with Crippen molar-refractivity contribution in [3.8, 4) is 5.75 Å². The van der Waals surface area contributed by atoms with Gasteiger partial charge in [0.25, 0.3) is 0 Å². The molecule has 1 fully saturated rings. The Bertz CT molecular complexity index is 681. The summed E-state index contributed by atoms with van der Waals surface area (Å²) in [6.45, 7) is 2.81. The number of aliphatic hydroxyl groups excluding tert-OH is 1. The van der Waals surface area contributed by atoms with E-state index in [1.54, 1.807) is 13.3 Å². The lowest BCUT2D eigenvalue weighted by Gasteiger charge is -2.34. The monoisotopic (exact) mass is 349 g/mol. The summed E-state index contributed by atoms with van der Waals surface area (Å²) in [7, 11) is 3.55. The van der Waals surface area contributed by atoms with Crippen molar-refractivity contribution in [2.75, 3.05) is 20.2 Å². The summed E-state index contributed by atoms with van der Waals surface area (Å²) in [5, 5.41) is 11.2. The number of piperidine rings is 1. The molecule has 3 rings (SSSR count). The first kappa shape index (κ1) is 17.3. The number of imidazole rings is 1. The van der Waals surface area contributed by atoms with Gasteiger partial charge in [-0.3, -0.25) is 4.90 Å². The smallest absolute Gasteiger partial charge is 0.137 e. The van der Waals surface area contributed by atoms with E-state index in [1.807, 2.05) is 29.9 Å². The van der Waals surface area contributed by atoms with Gasteiger partial charge in [0.15, 0.2) is 0 Å². The molecule has 6 heteroatoms. The minimum atomic E-state index is -0.484. The molecule has 1 aliphatic rings. The maximum atomic E-state index is 10.6. The predicted molar refractivity (Wildman–Crippen MR) is 94.2 cm³/mol. The van der Waals surface area contributed by atoms with Crippen molar-refractivity contribution in [2.24, 2.45) is 13.0 Å². The first-order valence-electron chi connectivity index (χ1n) is 8.28. The Hall–Kier alpha value is -1.56. The molecule has 1 N–H and O–H groups in total. The summed E-state index contributed by atoms with van der Waals surface area (Å²) < 4.78 is 7.09. The van der Waals surface area contributed by atoms with Crippen LogP contribution in [0.15, 0.2) is 30.6 Å². The molecule has 1 unspecified atom stereocenters. The minimum Gasteiger partial charge on any atom is -0.495 e. The molecule has 1 aromatic carbocycles. The molecular formula is C18H24ClN3O2. The SMILES string of the molecule is COc1ccc(CN2CCC(C(O)c3nccn3C)CC2)cc1Cl. The molecule has 5 nitrogen and oxygen atoms in total. The number of hydrogen-bond donors (Lipinski definition) is 1. The maximum Gasteiger partial charge on any atom is 0.137 e. The van der Waals surface area contributed by atoms with Crippen LogP contribution in [0.2, 0.25) is 5.02 Å². The predicted octanol–water partition coefficient (Wildman–Crippen LogP) is 3.03. The Kier molecular flexibility index (Phi) is 5.43. The second-order valence-electron chi connectivity index (χ2n) is 6.42. The topological polar surface area (TPSA) is 50.5 Å². The molecule has 0 bridgehead atoms. The lowest BCUT2D eigenvalue weighted by molar-refractivity contribution is 0.0492. The molecule has 0 spiro atoms. The lowest BCUT2D eigenvalue weighted by Crippen LogP contribution is -2.35. The highest BCUT2D eigenvalue weighted by molar-refractivity contribution is 6.32. The van der Waals surface area contributed by atoms with Crippen LogP contribution in [0.5, 0.6) is 5.75 Å². The third kappa shape index (κ3) is 3.74. The highest BCUT2D eigenvalue weighted by atomic mass is 35.5. The molecule has 0 saturated carbocycles. The van der Waals surface area contributed by atoms with Crippen LogP contribution in [-0.4, -0.2) is 39.8 Å². The van der Waals surface area contributed by atoms with Gasteiger partial charge in [0, 0.05) is 26.0 Å². The molecule has 0 radical (unpaired) electrons. The van der Waals surface area contributed by atoms with Crippen molar-refractivity contribution < 1.29 is 9.84 Å². The first-order chi connectivity index (χ1) is 11.6. The second kappa shape index (κ2) is 7.55. The van der Waals surface area contributed by atoms with Gasteiger partial charge in [-0.2, -0.15) is 0 Å². The second-order valence-corrected chi connectivity index (χ2v) is 6.83. The number of halogens is 1. The fraction of sp³-hybridized carbons (Fsp3) is 0.500. The number of ether oxygens (including phenoxy) is 1. The first-order valence-corrected chi connectivity index (χ1v) is 8.66. The third-order valence-electron chi connectivity index (χ3n) is 4.82. The van der Waals surface area contributed by atoms with E-state index >= 15 is 0 Å². The summed E-state index contributed by atoms with van der Waals surface area (Å²) in [6.07, 6.45) is 5.07. The maximum absolute atomic E-state index is 10.6. The van der Waals surface area contributed by atoms with E-state index < -0.39 is 6.10 Å². The normalized spacial score (nSPS) is 17.8. The number of aliphatic hydroxyl groups is 1. The largest absolute Gasteiger partial charge is 0.495 e. The van der Waals surface area contributed by atoms with E-state index in [1.165, 1.54) is 5.56 Å². The number of aromatic nitrogens is 2. The zero-order valence-electron chi connectivity index (χ0n) is 14.2. The van der Waals surface area contributed by atoms with E-state index in [-0.39, 0.29) is 5.92 Å². The highest BCUT2D eigenvalue weighted by Crippen LogP contribution is 2.31. The highest BCUT2D eigenvalue weighted by Gasteiger charge is 2.28. The van der Waals surface area contributed by atoms with Crippen LogP contribution in [0, 0.1) is 5.92 Å². The van der Waals surface area contributed by atoms with Gasteiger partial charge in [-0.05, 0) is 49.5 Å². The van der Waals surface area contributed by atoms with Crippen LogP contribution < -0.4 is 4.74 Å². The Balaban J connectivity index is 1.55. The Morgan fingerprint density at radius 2 is 2.12 bits per heavy atom. The standard InChI is InChI=1S/C18H24ClN3O2/c1-21-10-7-20-18(21)17(23)14-5-8-22(9-6-14)12-13-3-4-16(24-2)15(19)11-13/h3-4,7,10-11,14,17,23H,5-6,8-9,12H2,1-2H3. The van der Waals surface area contributed by atoms with Crippen LogP contribution in [0.25, 0.3) is 0 Å². The van der Waals surface area contributed by atoms with E-state index in [9.17, 15) is 5.11 Å². The number of nitrogens with zero attached hydrogens (tertiary/aromatic N) is 3.